The molecular formula is C24H29FN6O2. The lowest BCUT2D eigenvalue weighted by molar-refractivity contribution is -0.117. The van der Waals surface area contributed by atoms with Crippen molar-refractivity contribution in [2.75, 3.05) is 27.2 Å². The summed E-state index contributed by atoms with van der Waals surface area (Å²) in [6.07, 6.45) is 4.66. The van der Waals surface area contributed by atoms with Crippen LogP contribution >= 0.6 is 0 Å². The summed E-state index contributed by atoms with van der Waals surface area (Å²) >= 11 is 0. The van der Waals surface area contributed by atoms with Crippen LogP contribution in [-0.4, -0.2) is 48.3 Å². The fraction of sp³-hybridized carbons (Fsp3) is 0.292. The predicted octanol–water partition coefficient (Wildman–Crippen LogP) is 2.46. The summed E-state index contributed by atoms with van der Waals surface area (Å²) < 4.78 is 22.6. The smallest absolute Gasteiger partial charge is 0.267 e. The average molecular weight is 453 g/mol. The van der Waals surface area contributed by atoms with Crippen molar-refractivity contribution in [1.82, 2.24) is 14.7 Å². The zero-order chi connectivity index (χ0) is 24.0. The molecule has 0 saturated carbocycles. The predicted molar refractivity (Wildman–Crippen MR) is 128 cm³/mol. The molecular weight excluding hydrogens is 423 g/mol. The molecule has 174 valence electrons. The second-order valence-corrected chi connectivity index (χ2v) is 7.43. The molecule has 0 bridgehead atoms. The molecule has 1 amide bonds. The van der Waals surface area contributed by atoms with Crippen LogP contribution in [-0.2, 0) is 11.2 Å². The van der Waals surface area contributed by atoms with Gasteiger partial charge in [-0.25, -0.2) is 9.37 Å². The number of amides is 1. The molecule has 0 fully saturated rings. The van der Waals surface area contributed by atoms with E-state index in [4.69, 9.17) is 16.2 Å². The van der Waals surface area contributed by atoms with Crippen LogP contribution in [0.2, 0.25) is 0 Å². The molecule has 0 radical (unpaired) electrons. The second kappa shape index (κ2) is 10.7. The van der Waals surface area contributed by atoms with Gasteiger partial charge < -0.3 is 25.9 Å². The third-order valence-corrected chi connectivity index (χ3v) is 5.43. The van der Waals surface area contributed by atoms with Crippen LogP contribution in [0.15, 0.2) is 59.0 Å². The van der Waals surface area contributed by atoms with E-state index < -0.39 is 11.7 Å². The number of nitrogens with two attached hydrogens (primary N) is 2. The number of hydrogen-bond donors (Lipinski definition) is 3. The number of benzene rings is 1. The van der Waals surface area contributed by atoms with Crippen LogP contribution < -0.4 is 21.5 Å². The first-order valence-corrected chi connectivity index (χ1v) is 10.6. The van der Waals surface area contributed by atoms with E-state index in [1.165, 1.54) is 13.1 Å². The maximum atomic E-state index is 14.8. The molecule has 3 rings (SSSR count). The van der Waals surface area contributed by atoms with Crippen LogP contribution in [0, 0.1) is 5.82 Å². The van der Waals surface area contributed by atoms with Gasteiger partial charge in [-0.2, -0.15) is 0 Å². The van der Waals surface area contributed by atoms with Gasteiger partial charge in [0.25, 0.3) is 5.91 Å². The number of pyridine rings is 1. The van der Waals surface area contributed by atoms with Gasteiger partial charge in [-0.05, 0) is 31.7 Å². The Morgan fingerprint density at radius 1 is 1.30 bits per heavy atom. The van der Waals surface area contributed by atoms with Crippen LogP contribution in [0.25, 0.3) is 16.8 Å². The van der Waals surface area contributed by atoms with E-state index in [1.54, 1.807) is 32.3 Å². The summed E-state index contributed by atoms with van der Waals surface area (Å²) in [6.45, 7) is 2.38. The number of ether oxygens (including phenoxy) is 1. The second-order valence-electron chi connectivity index (χ2n) is 7.43. The van der Waals surface area contributed by atoms with E-state index >= 15 is 0 Å². The highest BCUT2D eigenvalue weighted by molar-refractivity contribution is 6.06. The highest BCUT2D eigenvalue weighted by atomic mass is 19.1. The van der Waals surface area contributed by atoms with Gasteiger partial charge in [0.05, 0.1) is 6.61 Å². The van der Waals surface area contributed by atoms with Crippen molar-refractivity contribution >= 4 is 17.3 Å². The molecule has 0 saturated heterocycles. The lowest BCUT2D eigenvalue weighted by Gasteiger charge is -2.15. The van der Waals surface area contributed by atoms with Gasteiger partial charge in [0, 0.05) is 67.4 Å². The van der Waals surface area contributed by atoms with Crippen LogP contribution in [0.1, 0.15) is 19.0 Å². The standard InChI is InChI=1S/C24H29FN6O2/c1-15(28-2)18(22(27)24(32)29-3)10-12-33-23-19(5-4-6-20(23)25)16-7-8-21-30-13-17(9-11-26)31(21)14-16/h4-8,13-14H,9-12,26-27H2,1-3H3,(H,29,32)/b22-18-,28-15?. The van der Waals surface area contributed by atoms with Crippen LogP contribution in [0.5, 0.6) is 5.75 Å². The van der Waals surface area contributed by atoms with Crippen LogP contribution in [0.3, 0.4) is 0 Å². The van der Waals surface area contributed by atoms with E-state index in [1.807, 2.05) is 22.7 Å². The van der Waals surface area contributed by atoms with Crippen molar-refractivity contribution in [3.05, 3.63) is 65.5 Å². The normalized spacial score (nSPS) is 12.6. The number of imidazole rings is 1. The van der Waals surface area contributed by atoms with Crippen LogP contribution in [0.4, 0.5) is 4.39 Å². The highest BCUT2D eigenvalue weighted by Crippen LogP contribution is 2.33. The molecule has 0 aliphatic rings. The zero-order valence-corrected chi connectivity index (χ0v) is 19.1. The van der Waals surface area contributed by atoms with Gasteiger partial charge in [0.1, 0.15) is 11.3 Å². The molecule has 1 aromatic carbocycles. The molecule has 9 heteroatoms. The van der Waals surface area contributed by atoms with Gasteiger partial charge in [0.15, 0.2) is 11.6 Å². The van der Waals surface area contributed by atoms with Crippen molar-refractivity contribution in [2.45, 2.75) is 19.8 Å². The first-order chi connectivity index (χ1) is 15.9. The SMILES string of the molecule is CN=C(C)/C(CCOc1c(F)cccc1-c1ccc2ncc(CCN)n2c1)=C(\N)C(=O)NC. The summed E-state index contributed by atoms with van der Waals surface area (Å²) in [5.74, 6) is -0.756. The summed E-state index contributed by atoms with van der Waals surface area (Å²) in [7, 11) is 3.12. The van der Waals surface area contributed by atoms with Crippen molar-refractivity contribution in [3.63, 3.8) is 0 Å². The molecule has 33 heavy (non-hydrogen) atoms. The fourth-order valence-electron chi connectivity index (χ4n) is 3.58. The lowest BCUT2D eigenvalue weighted by Crippen LogP contribution is -2.28. The van der Waals surface area contributed by atoms with E-state index in [0.29, 0.717) is 29.8 Å². The molecule has 8 nitrogen and oxygen atoms in total. The Bertz CT molecular complexity index is 1210. The number of rotatable bonds is 9. The van der Waals surface area contributed by atoms with Gasteiger partial charge >= 0.3 is 0 Å². The number of fused-ring (bicyclic) bond motifs is 1. The zero-order valence-electron chi connectivity index (χ0n) is 19.1. The molecule has 3 aromatic rings. The number of carbonyl (C=O) groups excluding carboxylic acids is 1. The average Bonchev–Trinajstić information content (AvgIpc) is 3.23. The summed E-state index contributed by atoms with van der Waals surface area (Å²) in [4.78, 5) is 20.5. The minimum Gasteiger partial charge on any atom is -0.490 e. The number of halogens is 1. The van der Waals surface area contributed by atoms with Gasteiger partial charge in [0.2, 0.25) is 0 Å². The van der Waals surface area contributed by atoms with Crippen molar-refractivity contribution < 1.29 is 13.9 Å². The van der Waals surface area contributed by atoms with E-state index in [0.717, 1.165) is 16.9 Å². The number of para-hydroxylation sites is 1. The first-order valence-electron chi connectivity index (χ1n) is 10.6. The summed E-state index contributed by atoms with van der Waals surface area (Å²) in [5.41, 5.74) is 16.1. The highest BCUT2D eigenvalue weighted by Gasteiger charge is 2.16. The van der Waals surface area contributed by atoms with E-state index in [-0.39, 0.29) is 24.5 Å². The fourth-order valence-corrected chi connectivity index (χ4v) is 3.58. The summed E-state index contributed by atoms with van der Waals surface area (Å²) in [5, 5.41) is 2.50. The monoisotopic (exact) mass is 452 g/mol. The maximum Gasteiger partial charge on any atom is 0.267 e. The Hall–Kier alpha value is -3.72. The quantitative estimate of drug-likeness (QED) is 0.340. The summed E-state index contributed by atoms with van der Waals surface area (Å²) in [6, 6.07) is 8.53. The first kappa shape index (κ1) is 23.9. The van der Waals surface area contributed by atoms with Crippen molar-refractivity contribution in [3.8, 4) is 16.9 Å². The molecule has 5 N–H and O–H groups in total. The molecule has 0 atom stereocenters. The maximum absolute atomic E-state index is 14.8. The molecule has 0 unspecified atom stereocenters. The number of likely N-dealkylation sites (N-methyl/N-ethyl adjacent to an activating group) is 1. The number of aliphatic imine (C=N–C) groups is 1. The van der Waals surface area contributed by atoms with Crippen molar-refractivity contribution in [1.29, 1.82) is 0 Å². The van der Waals surface area contributed by atoms with Crippen molar-refractivity contribution in [2.24, 2.45) is 16.5 Å². The topological polar surface area (TPSA) is 120 Å². The Morgan fingerprint density at radius 3 is 2.79 bits per heavy atom. The van der Waals surface area contributed by atoms with E-state index in [2.05, 4.69) is 15.3 Å². The number of carbonyl (C=O) groups is 1. The largest absolute Gasteiger partial charge is 0.490 e. The number of nitrogens with one attached hydrogen (secondary N) is 1. The number of hydrogen-bond acceptors (Lipinski definition) is 6. The van der Waals surface area contributed by atoms with Gasteiger partial charge in [-0.1, -0.05) is 12.1 Å². The molecule has 0 aliphatic heterocycles. The number of aromatic nitrogens is 2. The molecule has 0 spiro atoms. The Balaban J connectivity index is 1.91. The minimum absolute atomic E-state index is 0.0657. The van der Waals surface area contributed by atoms with Gasteiger partial charge in [-0.15, -0.1) is 0 Å². The Kier molecular flexibility index (Phi) is 7.78. The molecule has 0 aliphatic carbocycles. The third kappa shape index (κ3) is 5.20. The van der Waals surface area contributed by atoms with Gasteiger partial charge in [-0.3, -0.25) is 9.79 Å². The third-order valence-electron chi connectivity index (χ3n) is 5.43. The Labute approximate surface area is 192 Å². The number of nitrogens with zero attached hydrogens (tertiary/aromatic N) is 3. The van der Waals surface area contributed by atoms with E-state index in [9.17, 15) is 9.18 Å². The molecule has 2 aromatic heterocycles. The Morgan fingerprint density at radius 2 is 2.09 bits per heavy atom. The lowest BCUT2D eigenvalue weighted by atomic mass is 10.0. The molecule has 2 heterocycles. The minimum atomic E-state index is -0.480.